The molecule has 5 nitrogen and oxygen atoms in total. The smallest absolute Gasteiger partial charge is 0.253 e. The van der Waals surface area contributed by atoms with Crippen LogP contribution in [-0.2, 0) is 0 Å². The van der Waals surface area contributed by atoms with Crippen LogP contribution in [0, 0.1) is 0 Å². The molecule has 1 amide bonds. The molecule has 0 aliphatic carbocycles. The Labute approximate surface area is 148 Å². The molecule has 5 heteroatoms. The van der Waals surface area contributed by atoms with Gasteiger partial charge in [-0.05, 0) is 56.0 Å². The minimum Gasteiger partial charge on any atom is -0.372 e. The second-order valence-corrected chi connectivity index (χ2v) is 6.97. The van der Waals surface area contributed by atoms with Crippen molar-refractivity contribution in [2.45, 2.75) is 31.6 Å². The van der Waals surface area contributed by atoms with Crippen LogP contribution in [0.5, 0.6) is 0 Å². The van der Waals surface area contributed by atoms with E-state index in [4.69, 9.17) is 0 Å². The van der Waals surface area contributed by atoms with Gasteiger partial charge in [0, 0.05) is 55.2 Å². The van der Waals surface area contributed by atoms with E-state index in [0.717, 1.165) is 50.3 Å². The molecule has 25 heavy (non-hydrogen) atoms. The van der Waals surface area contributed by atoms with Gasteiger partial charge in [0.05, 0.1) is 0 Å². The first-order chi connectivity index (χ1) is 12.3. The third-order valence-corrected chi connectivity index (χ3v) is 5.32. The van der Waals surface area contributed by atoms with Crippen molar-refractivity contribution in [3.63, 3.8) is 0 Å². The van der Waals surface area contributed by atoms with Crippen LogP contribution in [0.1, 0.15) is 47.7 Å². The average molecular weight is 336 g/mol. The van der Waals surface area contributed by atoms with Crippen LogP contribution in [0.15, 0.2) is 42.9 Å². The number of benzene rings is 1. The number of aromatic nitrogens is 2. The second kappa shape index (κ2) is 7.21. The zero-order chi connectivity index (χ0) is 17.1. The molecule has 1 aromatic heterocycles. The Bertz CT molecular complexity index is 710. The highest BCUT2D eigenvalue weighted by Gasteiger charge is 2.26. The van der Waals surface area contributed by atoms with E-state index in [9.17, 15) is 4.79 Å². The Kier molecular flexibility index (Phi) is 4.63. The average Bonchev–Trinajstić information content (AvgIpc) is 3.23. The fourth-order valence-electron chi connectivity index (χ4n) is 3.92. The monoisotopic (exact) mass is 336 g/mol. The van der Waals surface area contributed by atoms with Crippen LogP contribution >= 0.6 is 0 Å². The minimum atomic E-state index is 0.131. The van der Waals surface area contributed by atoms with E-state index < -0.39 is 0 Å². The van der Waals surface area contributed by atoms with Gasteiger partial charge < -0.3 is 9.80 Å². The topological polar surface area (TPSA) is 49.3 Å². The molecule has 2 saturated heterocycles. The fourth-order valence-corrected chi connectivity index (χ4v) is 3.92. The number of rotatable bonds is 3. The molecule has 0 spiro atoms. The van der Waals surface area contributed by atoms with Crippen molar-refractivity contribution in [2.75, 3.05) is 31.1 Å². The van der Waals surface area contributed by atoms with Crippen LogP contribution in [0.3, 0.4) is 0 Å². The molecule has 4 rings (SSSR count). The number of piperidine rings is 1. The SMILES string of the molecule is O=C(c1ccc(N2CCCC2)cc1)N1CCC[C@@H](c2ccncn2)C1. The van der Waals surface area contributed by atoms with E-state index in [1.807, 2.05) is 23.1 Å². The van der Waals surface area contributed by atoms with Gasteiger partial charge in [-0.1, -0.05) is 0 Å². The van der Waals surface area contributed by atoms with Crippen LogP contribution in [0.25, 0.3) is 0 Å². The number of hydrogen-bond acceptors (Lipinski definition) is 4. The van der Waals surface area contributed by atoms with Gasteiger partial charge in [0.2, 0.25) is 0 Å². The summed E-state index contributed by atoms with van der Waals surface area (Å²) in [7, 11) is 0. The first kappa shape index (κ1) is 16.1. The van der Waals surface area contributed by atoms with Gasteiger partial charge in [-0.25, -0.2) is 9.97 Å². The van der Waals surface area contributed by atoms with E-state index in [0.29, 0.717) is 5.92 Å². The molecule has 0 N–H and O–H groups in total. The number of nitrogens with zero attached hydrogens (tertiary/aromatic N) is 4. The maximum absolute atomic E-state index is 12.9. The third kappa shape index (κ3) is 3.50. The Hall–Kier alpha value is -2.43. The highest BCUT2D eigenvalue weighted by Crippen LogP contribution is 2.27. The van der Waals surface area contributed by atoms with Crippen LogP contribution in [0.2, 0.25) is 0 Å². The quantitative estimate of drug-likeness (QED) is 0.864. The molecule has 2 aromatic rings. The molecule has 1 atom stereocenters. The lowest BCUT2D eigenvalue weighted by Gasteiger charge is -2.32. The summed E-state index contributed by atoms with van der Waals surface area (Å²) in [5.41, 5.74) is 3.05. The normalized spacial score (nSPS) is 20.7. The maximum Gasteiger partial charge on any atom is 0.253 e. The summed E-state index contributed by atoms with van der Waals surface area (Å²) in [6.07, 6.45) is 7.99. The van der Waals surface area contributed by atoms with Crippen LogP contribution < -0.4 is 4.90 Å². The molecule has 3 heterocycles. The molecule has 2 aliphatic rings. The highest BCUT2D eigenvalue weighted by molar-refractivity contribution is 5.94. The van der Waals surface area contributed by atoms with Crippen molar-refractivity contribution in [3.8, 4) is 0 Å². The predicted molar refractivity (Wildman–Crippen MR) is 97.8 cm³/mol. The van der Waals surface area contributed by atoms with Gasteiger partial charge in [0.15, 0.2) is 0 Å². The van der Waals surface area contributed by atoms with Gasteiger partial charge in [-0.15, -0.1) is 0 Å². The zero-order valence-corrected chi connectivity index (χ0v) is 14.5. The minimum absolute atomic E-state index is 0.131. The van der Waals surface area contributed by atoms with Crippen LogP contribution in [-0.4, -0.2) is 47.0 Å². The lowest BCUT2D eigenvalue weighted by Crippen LogP contribution is -2.39. The first-order valence-electron chi connectivity index (χ1n) is 9.21. The number of anilines is 1. The lowest BCUT2D eigenvalue weighted by molar-refractivity contribution is 0.0706. The van der Waals surface area contributed by atoms with Crippen molar-refractivity contribution in [1.82, 2.24) is 14.9 Å². The van der Waals surface area contributed by atoms with Gasteiger partial charge in [-0.3, -0.25) is 4.79 Å². The van der Waals surface area contributed by atoms with E-state index in [1.54, 1.807) is 12.5 Å². The molecule has 2 aliphatic heterocycles. The summed E-state index contributed by atoms with van der Waals surface area (Å²) in [4.78, 5) is 25.6. The second-order valence-electron chi connectivity index (χ2n) is 6.97. The molecular weight excluding hydrogens is 312 g/mol. The van der Waals surface area contributed by atoms with E-state index in [1.165, 1.54) is 18.5 Å². The zero-order valence-electron chi connectivity index (χ0n) is 14.5. The third-order valence-electron chi connectivity index (χ3n) is 5.32. The van der Waals surface area contributed by atoms with E-state index >= 15 is 0 Å². The summed E-state index contributed by atoms with van der Waals surface area (Å²) in [5.74, 6) is 0.441. The Balaban J connectivity index is 1.44. The first-order valence-corrected chi connectivity index (χ1v) is 9.21. The Morgan fingerprint density at radius 3 is 2.52 bits per heavy atom. The summed E-state index contributed by atoms with van der Waals surface area (Å²) in [6.45, 7) is 3.82. The van der Waals surface area contributed by atoms with E-state index in [2.05, 4.69) is 27.0 Å². The Morgan fingerprint density at radius 2 is 1.80 bits per heavy atom. The molecule has 130 valence electrons. The molecule has 0 saturated carbocycles. The van der Waals surface area contributed by atoms with Crippen molar-refractivity contribution in [2.24, 2.45) is 0 Å². The van der Waals surface area contributed by atoms with E-state index in [-0.39, 0.29) is 5.91 Å². The fraction of sp³-hybridized carbons (Fsp3) is 0.450. The standard InChI is InChI=1S/C20H24N4O/c25-20(16-5-7-18(8-6-16)23-11-1-2-12-23)24-13-3-4-17(14-24)19-9-10-21-15-22-19/h5-10,15,17H,1-4,11-14H2/t17-/m1/s1. The summed E-state index contributed by atoms with van der Waals surface area (Å²) in [6, 6.07) is 10.1. The predicted octanol–water partition coefficient (Wildman–Crippen LogP) is 3.10. The molecule has 0 unspecified atom stereocenters. The summed E-state index contributed by atoms with van der Waals surface area (Å²) < 4.78 is 0. The van der Waals surface area contributed by atoms with Crippen molar-refractivity contribution in [1.29, 1.82) is 0 Å². The lowest BCUT2D eigenvalue weighted by atomic mass is 9.94. The largest absolute Gasteiger partial charge is 0.372 e. The van der Waals surface area contributed by atoms with Gasteiger partial charge in [0.1, 0.15) is 6.33 Å². The molecule has 0 radical (unpaired) electrons. The molecule has 2 fully saturated rings. The number of likely N-dealkylation sites (tertiary alicyclic amines) is 1. The van der Waals surface area contributed by atoms with Crippen molar-refractivity contribution >= 4 is 11.6 Å². The molecule has 1 aromatic carbocycles. The number of hydrogen-bond donors (Lipinski definition) is 0. The number of amides is 1. The van der Waals surface area contributed by atoms with Gasteiger partial charge in [0.25, 0.3) is 5.91 Å². The highest BCUT2D eigenvalue weighted by atomic mass is 16.2. The van der Waals surface area contributed by atoms with Crippen molar-refractivity contribution < 1.29 is 4.79 Å². The van der Waals surface area contributed by atoms with Gasteiger partial charge in [-0.2, -0.15) is 0 Å². The van der Waals surface area contributed by atoms with Gasteiger partial charge >= 0.3 is 0 Å². The molecular formula is C20H24N4O. The number of carbonyl (C=O) groups is 1. The molecule has 0 bridgehead atoms. The summed E-state index contributed by atoms with van der Waals surface area (Å²) >= 11 is 0. The van der Waals surface area contributed by atoms with Crippen LogP contribution in [0.4, 0.5) is 5.69 Å². The Morgan fingerprint density at radius 1 is 1.00 bits per heavy atom. The maximum atomic E-state index is 12.9. The summed E-state index contributed by atoms with van der Waals surface area (Å²) in [5, 5.41) is 0. The number of carbonyl (C=O) groups excluding carboxylic acids is 1. The van der Waals surface area contributed by atoms with Crippen molar-refractivity contribution in [3.05, 3.63) is 54.1 Å².